The van der Waals surface area contributed by atoms with Gasteiger partial charge in [0.05, 0.1) is 13.0 Å². The zero-order valence-corrected chi connectivity index (χ0v) is 20.5. The maximum atomic E-state index is 12.8. The number of hydrogen-bond acceptors (Lipinski definition) is 10. The Balaban J connectivity index is 1.41. The van der Waals surface area contributed by atoms with E-state index in [1.807, 2.05) is 36.5 Å². The molecule has 2 atom stereocenters. The largest absolute Gasteiger partial charge is 0.477 e. The second-order valence-corrected chi connectivity index (χ2v) is 10.8. The van der Waals surface area contributed by atoms with Crippen LogP contribution in [0.5, 0.6) is 0 Å². The van der Waals surface area contributed by atoms with E-state index in [4.69, 9.17) is 0 Å². The molecule has 1 unspecified atom stereocenters. The minimum Gasteiger partial charge on any atom is -0.477 e. The Bertz CT molecular complexity index is 1070. The smallest absolute Gasteiger partial charge is 0.352 e. The molecule has 2 N–H and O–H groups in total. The van der Waals surface area contributed by atoms with Crippen molar-refractivity contribution in [3.05, 3.63) is 33.7 Å². The van der Waals surface area contributed by atoms with Crippen LogP contribution in [0.15, 0.2) is 33.9 Å². The number of carbonyl (C=O) groups is 3. The normalized spacial score (nSPS) is 20.1. The molecule has 1 saturated heterocycles. The van der Waals surface area contributed by atoms with Crippen LogP contribution in [0.2, 0.25) is 0 Å². The second kappa shape index (κ2) is 10.2. The predicted molar refractivity (Wildman–Crippen MR) is 125 cm³/mol. The monoisotopic (exact) mass is 509 g/mol. The number of amides is 2. The van der Waals surface area contributed by atoms with Gasteiger partial charge in [0.15, 0.2) is 0 Å². The van der Waals surface area contributed by atoms with Gasteiger partial charge in [-0.3, -0.25) is 14.5 Å². The van der Waals surface area contributed by atoms with Crippen LogP contribution in [0, 0.1) is 0 Å². The van der Waals surface area contributed by atoms with Crippen molar-refractivity contribution in [1.29, 1.82) is 0 Å². The Kier molecular flexibility index (Phi) is 7.36. The first-order chi connectivity index (χ1) is 15.8. The summed E-state index contributed by atoms with van der Waals surface area (Å²) in [6.07, 6.45) is 0.199. The average molecular weight is 510 g/mol. The minimum absolute atomic E-state index is 0.00711. The molecular formula is C19H23N7O4S3. The number of carboxylic acids is 1. The Morgan fingerprint density at radius 1 is 1.39 bits per heavy atom. The lowest BCUT2D eigenvalue weighted by Gasteiger charge is -2.49. The Morgan fingerprint density at radius 3 is 2.91 bits per heavy atom. The standard InChI is InChI=1S/C19H23N7O4S3/c1-24(2)5-6-25-19(21-22-23-25)33-10-11-9-32-17-14(16(28)26(17)15(11)18(29)30)20-13(27)8-12-4-3-7-31-12/h3-4,7,14,17H,5-6,8-10H2,1-2H3,(H,20,27)(H,29,30)/t14?,17-/m0/s1. The summed E-state index contributed by atoms with van der Waals surface area (Å²) < 4.78 is 1.68. The first kappa shape index (κ1) is 23.7. The number of tetrazole rings is 1. The van der Waals surface area contributed by atoms with Gasteiger partial charge in [-0.1, -0.05) is 17.8 Å². The molecule has 0 saturated carbocycles. The number of fused-ring (bicyclic) bond motifs is 1. The quantitative estimate of drug-likeness (QED) is 0.342. The molecule has 1 fully saturated rings. The van der Waals surface area contributed by atoms with Crippen molar-refractivity contribution in [2.75, 3.05) is 32.1 Å². The van der Waals surface area contributed by atoms with Crippen molar-refractivity contribution in [3.8, 4) is 0 Å². The fourth-order valence-electron chi connectivity index (χ4n) is 3.48. The third-order valence-electron chi connectivity index (χ3n) is 5.11. The SMILES string of the molecule is CN(C)CCn1nnnc1SCC1=C(C(=O)O)N2C(=O)C(NC(=O)Cc3cccs3)[C@@H]2SC1. The van der Waals surface area contributed by atoms with Gasteiger partial charge in [0.1, 0.15) is 17.1 Å². The number of likely N-dealkylation sites (N-methyl/N-ethyl adjacent to an activating group) is 1. The number of nitrogens with zero attached hydrogens (tertiary/aromatic N) is 6. The van der Waals surface area contributed by atoms with Crippen molar-refractivity contribution in [2.45, 2.75) is 29.5 Å². The maximum Gasteiger partial charge on any atom is 0.352 e. The molecule has 4 rings (SSSR count). The van der Waals surface area contributed by atoms with E-state index in [9.17, 15) is 19.5 Å². The highest BCUT2D eigenvalue weighted by Crippen LogP contribution is 2.41. The molecule has 0 radical (unpaired) electrons. The number of aromatic nitrogens is 4. The Morgan fingerprint density at radius 2 is 2.21 bits per heavy atom. The fourth-order valence-corrected chi connectivity index (χ4v) is 6.57. The van der Waals surface area contributed by atoms with Crippen LogP contribution < -0.4 is 5.32 Å². The molecule has 14 heteroatoms. The molecule has 2 aliphatic heterocycles. The molecule has 2 aliphatic rings. The van der Waals surface area contributed by atoms with Crippen molar-refractivity contribution >= 4 is 52.6 Å². The van der Waals surface area contributed by atoms with Gasteiger partial charge in [-0.25, -0.2) is 9.48 Å². The highest BCUT2D eigenvalue weighted by Gasteiger charge is 2.54. The molecule has 176 valence electrons. The summed E-state index contributed by atoms with van der Waals surface area (Å²) in [6.45, 7) is 1.38. The third-order valence-corrected chi connectivity index (χ3v) is 8.37. The summed E-state index contributed by atoms with van der Waals surface area (Å²) in [6, 6.07) is 3.01. The molecule has 0 bridgehead atoms. The Hall–Kier alpha value is -2.42. The second-order valence-electron chi connectivity index (χ2n) is 7.74. The van der Waals surface area contributed by atoms with Crippen LogP contribution in [-0.4, -0.2) is 96.5 Å². The van der Waals surface area contributed by atoms with Crippen molar-refractivity contribution in [3.63, 3.8) is 0 Å². The molecule has 0 aliphatic carbocycles. The minimum atomic E-state index is -1.15. The summed E-state index contributed by atoms with van der Waals surface area (Å²) in [5.74, 6) is -1.01. The zero-order valence-electron chi connectivity index (χ0n) is 18.0. The van der Waals surface area contributed by atoms with Gasteiger partial charge < -0.3 is 15.3 Å². The highest BCUT2D eigenvalue weighted by molar-refractivity contribution is 8.01. The van der Waals surface area contributed by atoms with E-state index in [2.05, 4.69) is 20.8 Å². The van der Waals surface area contributed by atoms with Gasteiger partial charge in [0.2, 0.25) is 11.1 Å². The summed E-state index contributed by atoms with van der Waals surface area (Å²) in [4.78, 5) is 41.4. The molecule has 4 heterocycles. The van der Waals surface area contributed by atoms with Gasteiger partial charge >= 0.3 is 5.97 Å². The molecular weight excluding hydrogens is 486 g/mol. The molecule has 0 spiro atoms. The predicted octanol–water partition coefficient (Wildman–Crippen LogP) is 0.370. The molecule has 11 nitrogen and oxygen atoms in total. The lowest BCUT2D eigenvalue weighted by molar-refractivity contribution is -0.150. The zero-order chi connectivity index (χ0) is 23.5. The first-order valence-electron chi connectivity index (χ1n) is 10.1. The van der Waals surface area contributed by atoms with E-state index in [-0.39, 0.29) is 18.0 Å². The van der Waals surface area contributed by atoms with E-state index < -0.39 is 23.3 Å². The van der Waals surface area contributed by atoms with Gasteiger partial charge in [0, 0.05) is 22.9 Å². The number of carbonyl (C=O) groups excluding carboxylic acids is 2. The number of thiophene rings is 1. The molecule has 2 aromatic heterocycles. The van der Waals surface area contributed by atoms with Crippen LogP contribution in [0.3, 0.4) is 0 Å². The van der Waals surface area contributed by atoms with Crippen LogP contribution in [0.1, 0.15) is 4.88 Å². The molecule has 2 amide bonds. The maximum absolute atomic E-state index is 12.8. The molecule has 0 aromatic carbocycles. The van der Waals surface area contributed by atoms with Crippen LogP contribution in [0.25, 0.3) is 0 Å². The van der Waals surface area contributed by atoms with E-state index in [1.165, 1.54) is 39.8 Å². The van der Waals surface area contributed by atoms with E-state index in [0.29, 0.717) is 28.8 Å². The van der Waals surface area contributed by atoms with Crippen LogP contribution in [0.4, 0.5) is 0 Å². The van der Waals surface area contributed by atoms with E-state index in [0.717, 1.165) is 11.4 Å². The number of carboxylic acid groups (broad SMARTS) is 1. The molecule has 2 aromatic rings. The molecule has 33 heavy (non-hydrogen) atoms. The average Bonchev–Trinajstić information content (AvgIpc) is 3.45. The van der Waals surface area contributed by atoms with Gasteiger partial charge in [0.25, 0.3) is 5.91 Å². The highest BCUT2D eigenvalue weighted by atomic mass is 32.2. The van der Waals surface area contributed by atoms with Crippen molar-refractivity contribution < 1.29 is 19.5 Å². The topological polar surface area (TPSA) is 134 Å². The van der Waals surface area contributed by atoms with E-state index >= 15 is 0 Å². The Labute approximate surface area is 202 Å². The summed E-state index contributed by atoms with van der Waals surface area (Å²) in [5, 5.41) is 26.4. The lowest BCUT2D eigenvalue weighted by atomic mass is 10.0. The van der Waals surface area contributed by atoms with E-state index in [1.54, 1.807) is 4.68 Å². The number of hydrogen-bond donors (Lipinski definition) is 2. The number of nitrogens with one attached hydrogen (secondary N) is 1. The number of β-lactam (4-membered cyclic amide) rings is 1. The summed E-state index contributed by atoms with van der Waals surface area (Å²) in [7, 11) is 3.91. The lowest BCUT2D eigenvalue weighted by Crippen LogP contribution is -2.70. The van der Waals surface area contributed by atoms with Crippen LogP contribution in [-0.2, 0) is 27.3 Å². The van der Waals surface area contributed by atoms with Crippen molar-refractivity contribution in [2.24, 2.45) is 0 Å². The van der Waals surface area contributed by atoms with Crippen LogP contribution >= 0.6 is 34.9 Å². The van der Waals surface area contributed by atoms with Gasteiger partial charge in [-0.05, 0) is 41.5 Å². The first-order valence-corrected chi connectivity index (χ1v) is 13.0. The van der Waals surface area contributed by atoms with Crippen molar-refractivity contribution in [1.82, 2.24) is 35.3 Å². The third kappa shape index (κ3) is 5.23. The van der Waals surface area contributed by atoms with Gasteiger partial charge in [-0.15, -0.1) is 28.2 Å². The summed E-state index contributed by atoms with van der Waals surface area (Å²) >= 11 is 4.27. The van der Waals surface area contributed by atoms with Gasteiger partial charge in [-0.2, -0.15) is 0 Å². The number of rotatable bonds is 10. The summed E-state index contributed by atoms with van der Waals surface area (Å²) in [5.41, 5.74) is 0.625. The fraction of sp³-hybridized carbons (Fsp3) is 0.474. The number of thioether (sulfide) groups is 2. The number of aliphatic carboxylic acids is 1.